The van der Waals surface area contributed by atoms with Crippen LogP contribution in [0.2, 0.25) is 0 Å². The third-order valence-electron chi connectivity index (χ3n) is 2.79. The number of hydrogen-bond acceptors (Lipinski definition) is 6. The van der Waals surface area contributed by atoms with Crippen molar-refractivity contribution in [1.29, 1.82) is 0 Å². The molecule has 0 aliphatic rings. The number of carbonyl (C=O) groups is 1. The van der Waals surface area contributed by atoms with E-state index in [0.29, 0.717) is 19.6 Å². The van der Waals surface area contributed by atoms with Crippen molar-refractivity contribution in [3.8, 4) is 0 Å². The van der Waals surface area contributed by atoms with E-state index in [2.05, 4.69) is 5.43 Å². The average Bonchev–Trinajstić information content (AvgIpc) is 2.45. The summed E-state index contributed by atoms with van der Waals surface area (Å²) in [5.41, 5.74) is 2.41. The quantitative estimate of drug-likeness (QED) is 0.334. The van der Waals surface area contributed by atoms with Gasteiger partial charge in [0, 0.05) is 38.9 Å². The summed E-state index contributed by atoms with van der Waals surface area (Å²) in [4.78, 5) is 23.9. The summed E-state index contributed by atoms with van der Waals surface area (Å²) < 4.78 is 4.91. The van der Waals surface area contributed by atoms with Crippen LogP contribution in [0.25, 0.3) is 0 Å². The van der Waals surface area contributed by atoms with Crippen LogP contribution in [0.4, 0.5) is 11.4 Å². The number of nitrogen functional groups attached to an aromatic ring is 1. The van der Waals surface area contributed by atoms with Gasteiger partial charge in [0.25, 0.3) is 11.6 Å². The first-order valence-electron chi connectivity index (χ1n) is 6.00. The van der Waals surface area contributed by atoms with Gasteiger partial charge >= 0.3 is 0 Å². The highest BCUT2D eigenvalue weighted by Gasteiger charge is 2.18. The summed E-state index contributed by atoms with van der Waals surface area (Å²) >= 11 is 0. The van der Waals surface area contributed by atoms with E-state index in [-0.39, 0.29) is 22.8 Å². The van der Waals surface area contributed by atoms with Gasteiger partial charge in [0.2, 0.25) is 0 Å². The maximum atomic E-state index is 12.1. The van der Waals surface area contributed by atoms with Crippen LogP contribution in [0.5, 0.6) is 0 Å². The zero-order valence-corrected chi connectivity index (χ0v) is 11.5. The van der Waals surface area contributed by atoms with Crippen molar-refractivity contribution in [2.24, 2.45) is 5.84 Å². The highest BCUT2D eigenvalue weighted by molar-refractivity contribution is 5.95. The molecule has 110 valence electrons. The largest absolute Gasteiger partial charge is 0.385 e. The number of nitrogens with two attached hydrogens (primary N) is 1. The fourth-order valence-corrected chi connectivity index (χ4v) is 1.71. The van der Waals surface area contributed by atoms with Crippen LogP contribution in [0.15, 0.2) is 18.2 Å². The van der Waals surface area contributed by atoms with Crippen LogP contribution in [0, 0.1) is 10.1 Å². The molecule has 0 saturated carbocycles. The molecule has 0 bridgehead atoms. The van der Waals surface area contributed by atoms with Crippen molar-refractivity contribution in [3.63, 3.8) is 0 Å². The molecule has 0 aromatic heterocycles. The molecule has 0 spiro atoms. The number of hydrazine groups is 1. The average molecular weight is 282 g/mol. The van der Waals surface area contributed by atoms with Crippen molar-refractivity contribution in [2.45, 2.75) is 6.42 Å². The number of nitro benzene ring substituents is 1. The number of ether oxygens (including phenoxy) is 1. The Labute approximate surface area is 116 Å². The van der Waals surface area contributed by atoms with E-state index in [9.17, 15) is 14.9 Å². The molecule has 0 atom stereocenters. The topological polar surface area (TPSA) is 111 Å². The van der Waals surface area contributed by atoms with E-state index < -0.39 is 4.92 Å². The number of hydrogen-bond donors (Lipinski definition) is 2. The minimum absolute atomic E-state index is 0.161. The van der Waals surface area contributed by atoms with E-state index in [4.69, 9.17) is 10.6 Å². The molecule has 0 radical (unpaired) electrons. The van der Waals surface area contributed by atoms with E-state index in [1.807, 2.05) is 0 Å². The summed E-state index contributed by atoms with van der Waals surface area (Å²) in [5.74, 6) is 4.91. The zero-order valence-electron chi connectivity index (χ0n) is 11.5. The number of methoxy groups -OCH3 is 1. The molecule has 1 aromatic rings. The molecule has 0 aliphatic carbocycles. The zero-order chi connectivity index (χ0) is 15.1. The van der Waals surface area contributed by atoms with Gasteiger partial charge in [-0.1, -0.05) is 0 Å². The van der Waals surface area contributed by atoms with Crippen LogP contribution in [0.3, 0.4) is 0 Å². The molecule has 1 rings (SSSR count). The van der Waals surface area contributed by atoms with Gasteiger partial charge in [-0.3, -0.25) is 20.8 Å². The van der Waals surface area contributed by atoms with E-state index in [0.717, 1.165) is 0 Å². The minimum Gasteiger partial charge on any atom is -0.385 e. The summed E-state index contributed by atoms with van der Waals surface area (Å²) in [7, 11) is 3.22. The van der Waals surface area contributed by atoms with Crippen molar-refractivity contribution in [3.05, 3.63) is 33.9 Å². The Morgan fingerprint density at radius 3 is 2.80 bits per heavy atom. The Balaban J connectivity index is 2.88. The molecule has 8 heteroatoms. The maximum absolute atomic E-state index is 12.1. The van der Waals surface area contributed by atoms with E-state index in [1.165, 1.54) is 23.1 Å². The number of carbonyl (C=O) groups excluding carboxylic acids is 1. The van der Waals surface area contributed by atoms with E-state index in [1.54, 1.807) is 14.2 Å². The Morgan fingerprint density at radius 2 is 2.25 bits per heavy atom. The van der Waals surface area contributed by atoms with Crippen LogP contribution in [-0.2, 0) is 4.74 Å². The van der Waals surface area contributed by atoms with Crippen LogP contribution in [0.1, 0.15) is 16.8 Å². The number of benzene rings is 1. The Morgan fingerprint density at radius 1 is 1.55 bits per heavy atom. The second-order valence-corrected chi connectivity index (χ2v) is 4.21. The number of amides is 1. The van der Waals surface area contributed by atoms with Crippen molar-refractivity contribution < 1.29 is 14.5 Å². The summed E-state index contributed by atoms with van der Waals surface area (Å²) in [6.45, 7) is 1.06. The standard InChI is InChI=1S/C12H18N4O4/c1-15(6-3-7-20-2)12(17)9-4-5-10(14-13)11(8-9)16(18)19/h4-5,8,14H,3,6-7,13H2,1-2H3. The first kappa shape index (κ1) is 15.9. The number of nitro groups is 1. The predicted octanol–water partition coefficient (Wildman–Crippen LogP) is 0.989. The Kier molecular flexibility index (Phi) is 5.88. The van der Waals surface area contributed by atoms with Gasteiger partial charge in [-0.25, -0.2) is 0 Å². The van der Waals surface area contributed by atoms with Gasteiger partial charge in [0.1, 0.15) is 5.69 Å². The van der Waals surface area contributed by atoms with Crippen molar-refractivity contribution in [2.75, 3.05) is 32.7 Å². The molecule has 8 nitrogen and oxygen atoms in total. The smallest absolute Gasteiger partial charge is 0.294 e. The summed E-state index contributed by atoms with van der Waals surface area (Å²) in [6.07, 6.45) is 0.698. The minimum atomic E-state index is -0.586. The summed E-state index contributed by atoms with van der Waals surface area (Å²) in [5, 5.41) is 10.9. The lowest BCUT2D eigenvalue weighted by Gasteiger charge is -2.17. The van der Waals surface area contributed by atoms with Gasteiger partial charge in [0.15, 0.2) is 0 Å². The molecule has 0 unspecified atom stereocenters. The molecule has 1 aromatic carbocycles. The van der Waals surface area contributed by atoms with Gasteiger partial charge in [-0.05, 0) is 18.6 Å². The molecular weight excluding hydrogens is 264 g/mol. The highest BCUT2D eigenvalue weighted by atomic mass is 16.6. The molecule has 0 heterocycles. The molecule has 20 heavy (non-hydrogen) atoms. The molecule has 0 saturated heterocycles. The van der Waals surface area contributed by atoms with Crippen LogP contribution < -0.4 is 11.3 Å². The number of rotatable bonds is 7. The lowest BCUT2D eigenvalue weighted by molar-refractivity contribution is -0.384. The third kappa shape index (κ3) is 3.90. The summed E-state index contributed by atoms with van der Waals surface area (Å²) in [6, 6.07) is 4.12. The SMILES string of the molecule is COCCCN(C)C(=O)c1ccc(NN)c([N+](=O)[O-])c1. The van der Waals surface area contributed by atoms with Crippen LogP contribution >= 0.6 is 0 Å². The predicted molar refractivity (Wildman–Crippen MR) is 74.4 cm³/mol. The lowest BCUT2D eigenvalue weighted by Crippen LogP contribution is -2.28. The Hall–Kier alpha value is -2.19. The van der Waals surface area contributed by atoms with Gasteiger partial charge in [0.05, 0.1) is 4.92 Å². The van der Waals surface area contributed by atoms with Crippen LogP contribution in [-0.4, -0.2) is 43.0 Å². The van der Waals surface area contributed by atoms with Gasteiger partial charge < -0.3 is 15.1 Å². The molecule has 3 N–H and O–H groups in total. The Bertz CT molecular complexity index is 492. The second kappa shape index (κ2) is 7.41. The molecule has 0 aliphatic heterocycles. The van der Waals surface area contributed by atoms with Crippen molar-refractivity contribution >= 4 is 17.3 Å². The fourth-order valence-electron chi connectivity index (χ4n) is 1.71. The number of anilines is 1. The first-order valence-corrected chi connectivity index (χ1v) is 6.00. The monoisotopic (exact) mass is 282 g/mol. The third-order valence-corrected chi connectivity index (χ3v) is 2.79. The molecule has 1 amide bonds. The lowest BCUT2D eigenvalue weighted by atomic mass is 10.1. The van der Waals surface area contributed by atoms with Gasteiger partial charge in [-0.2, -0.15) is 0 Å². The van der Waals surface area contributed by atoms with E-state index >= 15 is 0 Å². The first-order chi connectivity index (χ1) is 9.51. The highest BCUT2D eigenvalue weighted by Crippen LogP contribution is 2.25. The molecule has 0 fully saturated rings. The van der Waals surface area contributed by atoms with Crippen molar-refractivity contribution in [1.82, 2.24) is 4.90 Å². The fraction of sp³-hybridized carbons (Fsp3) is 0.417. The maximum Gasteiger partial charge on any atom is 0.294 e. The molecular formula is C12H18N4O4. The van der Waals surface area contributed by atoms with Gasteiger partial charge in [-0.15, -0.1) is 0 Å². The second-order valence-electron chi connectivity index (χ2n) is 4.21. The number of nitrogens with zero attached hydrogens (tertiary/aromatic N) is 2. The normalized spacial score (nSPS) is 10.2. The number of nitrogens with one attached hydrogen (secondary N) is 1.